The van der Waals surface area contributed by atoms with E-state index in [1.807, 2.05) is 12.1 Å². The van der Waals surface area contributed by atoms with Crippen LogP contribution in [-0.4, -0.2) is 37.7 Å². The number of sulfonamides is 1. The molecule has 26 heavy (non-hydrogen) atoms. The van der Waals surface area contributed by atoms with Crippen LogP contribution in [0.3, 0.4) is 0 Å². The number of para-hydroxylation sites is 1. The SMILES string of the molecule is O=C(O)NC[C@H]1CC[C@H](CNS(=O)(=O)c2cccc3cccnc23)CC1. The number of fused-ring (bicyclic) bond motifs is 1. The van der Waals surface area contributed by atoms with E-state index in [9.17, 15) is 13.2 Å². The second-order valence-electron chi connectivity index (χ2n) is 6.76. The first-order valence-corrected chi connectivity index (χ1v) is 10.2. The molecule has 0 bridgehead atoms. The number of amides is 1. The fourth-order valence-electron chi connectivity index (χ4n) is 3.47. The number of carbonyl (C=O) groups is 1. The van der Waals surface area contributed by atoms with E-state index in [4.69, 9.17) is 5.11 Å². The molecule has 1 saturated carbocycles. The molecule has 0 aliphatic heterocycles. The smallest absolute Gasteiger partial charge is 0.404 e. The second-order valence-corrected chi connectivity index (χ2v) is 8.49. The number of aromatic nitrogens is 1. The molecule has 1 aliphatic carbocycles. The maximum absolute atomic E-state index is 12.7. The van der Waals surface area contributed by atoms with Crippen LogP contribution in [0.5, 0.6) is 0 Å². The van der Waals surface area contributed by atoms with Gasteiger partial charge in [-0.25, -0.2) is 17.9 Å². The summed E-state index contributed by atoms with van der Waals surface area (Å²) in [7, 11) is -3.62. The molecule has 1 heterocycles. The average molecular weight is 377 g/mol. The van der Waals surface area contributed by atoms with E-state index in [2.05, 4.69) is 15.0 Å². The number of carboxylic acid groups (broad SMARTS) is 1. The van der Waals surface area contributed by atoms with Gasteiger partial charge in [-0.05, 0) is 49.7 Å². The third-order valence-electron chi connectivity index (χ3n) is 4.96. The Kier molecular flexibility index (Phi) is 5.73. The van der Waals surface area contributed by atoms with Gasteiger partial charge in [0, 0.05) is 24.7 Å². The van der Waals surface area contributed by atoms with Crippen LogP contribution in [0.25, 0.3) is 10.9 Å². The van der Waals surface area contributed by atoms with Gasteiger partial charge in [-0.1, -0.05) is 18.2 Å². The molecule has 7 nitrogen and oxygen atoms in total. The summed E-state index contributed by atoms with van der Waals surface area (Å²) in [5, 5.41) is 11.9. The highest BCUT2D eigenvalue weighted by atomic mass is 32.2. The van der Waals surface area contributed by atoms with E-state index >= 15 is 0 Å². The van der Waals surface area contributed by atoms with Crippen molar-refractivity contribution in [3.8, 4) is 0 Å². The zero-order valence-electron chi connectivity index (χ0n) is 14.4. The van der Waals surface area contributed by atoms with Crippen molar-refractivity contribution in [2.45, 2.75) is 30.6 Å². The Morgan fingerprint density at radius 2 is 1.73 bits per heavy atom. The van der Waals surface area contributed by atoms with E-state index in [0.29, 0.717) is 24.5 Å². The second kappa shape index (κ2) is 8.01. The Morgan fingerprint density at radius 3 is 2.42 bits per heavy atom. The van der Waals surface area contributed by atoms with E-state index in [1.54, 1.807) is 24.4 Å². The van der Waals surface area contributed by atoms with Crippen LogP contribution in [0.15, 0.2) is 41.4 Å². The van der Waals surface area contributed by atoms with Gasteiger partial charge in [0.25, 0.3) is 0 Å². The average Bonchev–Trinajstić information content (AvgIpc) is 2.65. The van der Waals surface area contributed by atoms with Crippen molar-refractivity contribution in [3.05, 3.63) is 36.5 Å². The molecule has 8 heteroatoms. The van der Waals surface area contributed by atoms with Gasteiger partial charge in [0.15, 0.2) is 0 Å². The van der Waals surface area contributed by atoms with E-state index in [-0.39, 0.29) is 10.8 Å². The molecule has 140 valence electrons. The van der Waals surface area contributed by atoms with Crippen molar-refractivity contribution in [3.63, 3.8) is 0 Å². The maximum atomic E-state index is 12.7. The number of nitrogens with one attached hydrogen (secondary N) is 2. The van der Waals surface area contributed by atoms with Gasteiger partial charge in [0.1, 0.15) is 4.90 Å². The van der Waals surface area contributed by atoms with Crippen LogP contribution >= 0.6 is 0 Å². The molecule has 3 rings (SSSR count). The predicted octanol–water partition coefficient (Wildman–Crippen LogP) is 2.59. The summed E-state index contributed by atoms with van der Waals surface area (Å²) in [5.41, 5.74) is 0.478. The lowest BCUT2D eigenvalue weighted by atomic mass is 9.82. The van der Waals surface area contributed by atoms with E-state index < -0.39 is 16.1 Å². The van der Waals surface area contributed by atoms with Crippen LogP contribution in [0, 0.1) is 11.8 Å². The summed E-state index contributed by atoms with van der Waals surface area (Å²) in [6.45, 7) is 0.861. The van der Waals surface area contributed by atoms with Crippen LogP contribution < -0.4 is 10.0 Å². The highest BCUT2D eigenvalue weighted by molar-refractivity contribution is 7.89. The summed E-state index contributed by atoms with van der Waals surface area (Å²) in [4.78, 5) is 15.0. The number of pyridine rings is 1. The first-order chi connectivity index (χ1) is 12.5. The fraction of sp³-hybridized carbons (Fsp3) is 0.444. The number of hydrogen-bond acceptors (Lipinski definition) is 4. The van der Waals surface area contributed by atoms with Gasteiger partial charge in [-0.3, -0.25) is 4.98 Å². The quantitative estimate of drug-likeness (QED) is 0.717. The Hall–Kier alpha value is -2.19. The molecule has 1 aromatic heterocycles. The van der Waals surface area contributed by atoms with Crippen molar-refractivity contribution < 1.29 is 18.3 Å². The first kappa shape index (κ1) is 18.6. The van der Waals surface area contributed by atoms with Gasteiger partial charge < -0.3 is 10.4 Å². The molecule has 0 unspecified atom stereocenters. The van der Waals surface area contributed by atoms with E-state index in [1.165, 1.54) is 0 Å². The van der Waals surface area contributed by atoms with Crippen molar-refractivity contribution in [1.82, 2.24) is 15.0 Å². The number of rotatable bonds is 6. The highest BCUT2D eigenvalue weighted by Gasteiger charge is 2.24. The maximum Gasteiger partial charge on any atom is 0.404 e. The minimum absolute atomic E-state index is 0.204. The van der Waals surface area contributed by atoms with Gasteiger partial charge in [0.05, 0.1) is 5.52 Å². The first-order valence-electron chi connectivity index (χ1n) is 8.76. The summed E-state index contributed by atoms with van der Waals surface area (Å²) < 4.78 is 28.1. The summed E-state index contributed by atoms with van der Waals surface area (Å²) in [6.07, 6.45) is 4.19. The largest absolute Gasteiger partial charge is 0.465 e. The van der Waals surface area contributed by atoms with Gasteiger partial charge >= 0.3 is 6.09 Å². The molecular weight excluding hydrogens is 354 g/mol. The van der Waals surface area contributed by atoms with Gasteiger partial charge in [0.2, 0.25) is 10.0 Å². The zero-order valence-corrected chi connectivity index (χ0v) is 15.2. The summed E-state index contributed by atoms with van der Waals surface area (Å²) >= 11 is 0. The van der Waals surface area contributed by atoms with Crippen LogP contribution in [0.1, 0.15) is 25.7 Å². The van der Waals surface area contributed by atoms with Crippen molar-refractivity contribution in [1.29, 1.82) is 0 Å². The van der Waals surface area contributed by atoms with Crippen LogP contribution in [-0.2, 0) is 10.0 Å². The Bertz CT molecular complexity index is 872. The van der Waals surface area contributed by atoms with Crippen molar-refractivity contribution >= 4 is 27.0 Å². The Balaban J connectivity index is 1.58. The van der Waals surface area contributed by atoms with Crippen molar-refractivity contribution in [2.75, 3.05) is 13.1 Å². The predicted molar refractivity (Wildman–Crippen MR) is 98.4 cm³/mol. The molecule has 1 amide bonds. The van der Waals surface area contributed by atoms with E-state index in [0.717, 1.165) is 31.1 Å². The lowest BCUT2D eigenvalue weighted by Crippen LogP contribution is -2.34. The third-order valence-corrected chi connectivity index (χ3v) is 6.41. The number of nitrogens with zero attached hydrogens (tertiary/aromatic N) is 1. The molecule has 1 aromatic carbocycles. The monoisotopic (exact) mass is 377 g/mol. The lowest BCUT2D eigenvalue weighted by Gasteiger charge is -2.28. The number of hydrogen-bond donors (Lipinski definition) is 3. The normalized spacial score (nSPS) is 20.8. The minimum Gasteiger partial charge on any atom is -0.465 e. The Morgan fingerprint density at radius 1 is 1.08 bits per heavy atom. The third kappa shape index (κ3) is 4.50. The molecule has 3 N–H and O–H groups in total. The molecule has 0 radical (unpaired) electrons. The minimum atomic E-state index is -3.62. The van der Waals surface area contributed by atoms with Gasteiger partial charge in [-0.15, -0.1) is 0 Å². The van der Waals surface area contributed by atoms with Crippen molar-refractivity contribution in [2.24, 2.45) is 11.8 Å². The molecular formula is C18H23N3O4S. The summed E-state index contributed by atoms with van der Waals surface area (Å²) in [6, 6.07) is 8.76. The van der Waals surface area contributed by atoms with Crippen LogP contribution in [0.2, 0.25) is 0 Å². The van der Waals surface area contributed by atoms with Gasteiger partial charge in [-0.2, -0.15) is 0 Å². The lowest BCUT2D eigenvalue weighted by molar-refractivity contribution is 0.188. The van der Waals surface area contributed by atoms with Crippen LogP contribution in [0.4, 0.5) is 4.79 Å². The standard InChI is InChI=1S/C18H23N3O4S/c22-18(23)20-11-13-6-8-14(9-7-13)12-21-26(24,25)16-5-1-3-15-4-2-10-19-17(15)16/h1-5,10,13-14,20-21H,6-9,11-12H2,(H,22,23)/t13-,14-. The summed E-state index contributed by atoms with van der Waals surface area (Å²) in [5.74, 6) is 0.606. The molecule has 0 saturated heterocycles. The molecule has 0 spiro atoms. The topological polar surface area (TPSA) is 108 Å². The molecule has 0 atom stereocenters. The highest BCUT2D eigenvalue weighted by Crippen LogP contribution is 2.28. The molecule has 2 aromatic rings. The molecule has 1 fully saturated rings. The fourth-order valence-corrected chi connectivity index (χ4v) is 4.76. The molecule has 1 aliphatic rings. The Labute approximate surface area is 152 Å². The number of benzene rings is 1. The zero-order chi connectivity index (χ0) is 18.6.